The van der Waals surface area contributed by atoms with Crippen LogP contribution in [0.1, 0.15) is 30.3 Å². The Morgan fingerprint density at radius 2 is 2.38 bits per heavy atom. The average Bonchev–Trinajstić information content (AvgIpc) is 3.12. The lowest BCUT2D eigenvalue weighted by Gasteiger charge is -2.19. The van der Waals surface area contributed by atoms with Crippen molar-refractivity contribution in [3.8, 4) is 0 Å². The van der Waals surface area contributed by atoms with Gasteiger partial charge in [0.15, 0.2) is 5.13 Å². The molecule has 0 spiro atoms. The fraction of sp³-hybridized carbons (Fsp3) is 0.800. The number of likely N-dealkylation sites (N-methyl/N-ethyl adjacent to an activating group) is 1. The molecule has 1 aromatic rings. The summed E-state index contributed by atoms with van der Waals surface area (Å²) in [7, 11) is 3.84. The van der Waals surface area contributed by atoms with Crippen molar-refractivity contribution in [1.29, 1.82) is 0 Å². The van der Waals surface area contributed by atoms with Crippen LogP contribution in [0, 0.1) is 0 Å². The van der Waals surface area contributed by atoms with Crippen LogP contribution in [0.25, 0.3) is 0 Å². The first kappa shape index (κ1) is 16.7. The summed E-state index contributed by atoms with van der Waals surface area (Å²) in [5, 5.41) is 4.51. The van der Waals surface area contributed by atoms with Crippen LogP contribution < -0.4 is 10.2 Å². The first-order valence-electron chi connectivity index (χ1n) is 7.75. The van der Waals surface area contributed by atoms with Gasteiger partial charge in [0, 0.05) is 45.3 Å². The van der Waals surface area contributed by atoms with Crippen LogP contribution >= 0.6 is 11.3 Å². The first-order chi connectivity index (χ1) is 10.2. The van der Waals surface area contributed by atoms with E-state index in [1.54, 1.807) is 18.4 Å². The summed E-state index contributed by atoms with van der Waals surface area (Å²) in [4.78, 5) is 8.36. The SMILES string of the molecule is CCc1nc(N(C)CC2CCCO2)sc1CNCCOC. The quantitative estimate of drug-likeness (QED) is 0.707. The molecule has 0 aliphatic carbocycles. The first-order valence-corrected chi connectivity index (χ1v) is 8.57. The second-order valence-electron chi connectivity index (χ2n) is 5.40. The summed E-state index contributed by atoms with van der Waals surface area (Å²) >= 11 is 1.79. The zero-order chi connectivity index (χ0) is 15.1. The van der Waals surface area contributed by atoms with E-state index < -0.39 is 0 Å². The van der Waals surface area contributed by atoms with Crippen molar-refractivity contribution in [2.75, 3.05) is 45.4 Å². The van der Waals surface area contributed by atoms with E-state index in [0.717, 1.165) is 44.4 Å². The third kappa shape index (κ3) is 4.92. The van der Waals surface area contributed by atoms with E-state index in [0.29, 0.717) is 6.10 Å². The molecule has 1 atom stereocenters. The van der Waals surface area contributed by atoms with E-state index in [4.69, 9.17) is 14.5 Å². The number of anilines is 1. The van der Waals surface area contributed by atoms with Crippen LogP contribution in [0.15, 0.2) is 0 Å². The van der Waals surface area contributed by atoms with Gasteiger partial charge in [0.05, 0.1) is 18.4 Å². The maximum atomic E-state index is 5.71. The van der Waals surface area contributed by atoms with Gasteiger partial charge in [-0.25, -0.2) is 4.98 Å². The largest absolute Gasteiger partial charge is 0.383 e. The van der Waals surface area contributed by atoms with Crippen LogP contribution in [0.2, 0.25) is 0 Å². The molecule has 21 heavy (non-hydrogen) atoms. The van der Waals surface area contributed by atoms with E-state index in [-0.39, 0.29) is 0 Å². The van der Waals surface area contributed by atoms with Gasteiger partial charge in [-0.15, -0.1) is 11.3 Å². The fourth-order valence-corrected chi connectivity index (χ4v) is 3.58. The van der Waals surface area contributed by atoms with Crippen molar-refractivity contribution in [2.45, 2.75) is 38.8 Å². The number of nitrogens with zero attached hydrogens (tertiary/aromatic N) is 2. The Morgan fingerprint density at radius 1 is 1.52 bits per heavy atom. The summed E-state index contributed by atoms with van der Waals surface area (Å²) in [6, 6.07) is 0. The van der Waals surface area contributed by atoms with Crippen LogP contribution in [-0.2, 0) is 22.4 Å². The second kappa shape index (κ2) is 8.68. The zero-order valence-electron chi connectivity index (χ0n) is 13.4. The zero-order valence-corrected chi connectivity index (χ0v) is 14.2. The number of ether oxygens (including phenoxy) is 2. The molecule has 1 fully saturated rings. The number of methoxy groups -OCH3 is 1. The van der Waals surface area contributed by atoms with E-state index in [9.17, 15) is 0 Å². The van der Waals surface area contributed by atoms with Gasteiger partial charge in [-0.05, 0) is 19.3 Å². The molecule has 0 amide bonds. The number of rotatable bonds is 9. The Labute approximate surface area is 131 Å². The number of nitrogens with one attached hydrogen (secondary N) is 1. The number of aryl methyl sites for hydroxylation is 1. The third-order valence-corrected chi connectivity index (χ3v) is 4.91. The number of hydrogen-bond donors (Lipinski definition) is 1. The second-order valence-corrected chi connectivity index (χ2v) is 6.47. The molecule has 1 aliphatic heterocycles. The number of aromatic nitrogens is 1. The topological polar surface area (TPSA) is 46.6 Å². The minimum absolute atomic E-state index is 0.368. The molecule has 6 heteroatoms. The highest BCUT2D eigenvalue weighted by Crippen LogP contribution is 2.27. The van der Waals surface area contributed by atoms with Gasteiger partial charge in [-0.2, -0.15) is 0 Å². The smallest absolute Gasteiger partial charge is 0.185 e. The van der Waals surface area contributed by atoms with Crippen molar-refractivity contribution in [3.05, 3.63) is 10.6 Å². The fourth-order valence-electron chi connectivity index (χ4n) is 2.50. The maximum absolute atomic E-state index is 5.71. The molecular formula is C15H27N3O2S. The molecule has 1 saturated heterocycles. The molecule has 0 bridgehead atoms. The Morgan fingerprint density at radius 3 is 3.05 bits per heavy atom. The molecule has 1 aliphatic rings. The van der Waals surface area contributed by atoms with Gasteiger partial charge in [-0.1, -0.05) is 6.92 Å². The monoisotopic (exact) mass is 313 g/mol. The summed E-state index contributed by atoms with van der Waals surface area (Å²) in [5.41, 5.74) is 1.21. The minimum Gasteiger partial charge on any atom is -0.383 e. The number of thiazole rings is 1. The van der Waals surface area contributed by atoms with Crippen LogP contribution in [0.4, 0.5) is 5.13 Å². The number of hydrogen-bond acceptors (Lipinski definition) is 6. The molecule has 0 radical (unpaired) electrons. The van der Waals surface area contributed by atoms with Gasteiger partial charge in [0.25, 0.3) is 0 Å². The highest BCUT2D eigenvalue weighted by Gasteiger charge is 2.20. The van der Waals surface area contributed by atoms with Crippen molar-refractivity contribution in [3.63, 3.8) is 0 Å². The van der Waals surface area contributed by atoms with Crippen LogP contribution in [-0.4, -0.2) is 51.5 Å². The van der Waals surface area contributed by atoms with Crippen LogP contribution in [0.5, 0.6) is 0 Å². The predicted molar refractivity (Wildman–Crippen MR) is 87.3 cm³/mol. The van der Waals surface area contributed by atoms with Gasteiger partial charge in [0.1, 0.15) is 0 Å². The molecule has 5 nitrogen and oxygen atoms in total. The summed E-state index contributed by atoms with van der Waals surface area (Å²) in [5.74, 6) is 0. The molecule has 0 saturated carbocycles. The molecule has 0 aromatic carbocycles. The Balaban J connectivity index is 1.91. The highest BCUT2D eigenvalue weighted by atomic mass is 32.1. The van der Waals surface area contributed by atoms with Crippen LogP contribution in [0.3, 0.4) is 0 Å². The van der Waals surface area contributed by atoms with Crippen molar-refractivity contribution in [1.82, 2.24) is 10.3 Å². The van der Waals surface area contributed by atoms with Crippen molar-refractivity contribution < 1.29 is 9.47 Å². The van der Waals surface area contributed by atoms with Crippen molar-refractivity contribution >= 4 is 16.5 Å². The summed E-state index contributed by atoms with van der Waals surface area (Å²) in [6.07, 6.45) is 3.70. The molecule has 2 rings (SSSR count). The van der Waals surface area contributed by atoms with E-state index in [1.807, 2.05) is 0 Å². The predicted octanol–water partition coefficient (Wildman–Crippen LogP) is 2.06. The Hall–Kier alpha value is -0.690. The van der Waals surface area contributed by atoms with Gasteiger partial charge in [0.2, 0.25) is 0 Å². The van der Waals surface area contributed by atoms with Crippen molar-refractivity contribution in [2.24, 2.45) is 0 Å². The Bertz CT molecular complexity index is 419. The lowest BCUT2D eigenvalue weighted by molar-refractivity contribution is 0.116. The lowest BCUT2D eigenvalue weighted by Crippen LogP contribution is -2.28. The highest BCUT2D eigenvalue weighted by molar-refractivity contribution is 7.15. The third-order valence-electron chi connectivity index (χ3n) is 3.70. The van der Waals surface area contributed by atoms with E-state index in [1.165, 1.54) is 23.4 Å². The standard InChI is InChI=1S/C15H27N3O2S/c1-4-13-14(10-16-7-9-19-3)21-15(17-13)18(2)11-12-6-5-8-20-12/h12,16H,4-11H2,1-3H3. The molecule has 120 valence electrons. The Kier molecular flexibility index (Phi) is 6.89. The van der Waals surface area contributed by atoms with Gasteiger partial charge in [-0.3, -0.25) is 0 Å². The van der Waals surface area contributed by atoms with E-state index >= 15 is 0 Å². The molecule has 1 aromatic heterocycles. The molecule has 1 N–H and O–H groups in total. The minimum atomic E-state index is 0.368. The van der Waals surface area contributed by atoms with Gasteiger partial charge >= 0.3 is 0 Å². The normalized spacial score (nSPS) is 18.3. The van der Waals surface area contributed by atoms with Gasteiger partial charge < -0.3 is 19.7 Å². The molecule has 2 heterocycles. The van der Waals surface area contributed by atoms with E-state index in [2.05, 4.69) is 24.2 Å². The molecular weight excluding hydrogens is 286 g/mol. The maximum Gasteiger partial charge on any atom is 0.185 e. The average molecular weight is 313 g/mol. The molecule has 1 unspecified atom stereocenters. The summed E-state index contributed by atoms with van der Waals surface area (Å²) in [6.45, 7) is 6.50. The lowest BCUT2D eigenvalue weighted by atomic mass is 10.2. The summed E-state index contributed by atoms with van der Waals surface area (Å²) < 4.78 is 10.8.